The minimum atomic E-state index is 0.296. The number of pyridine rings is 1. The first-order valence-electron chi connectivity index (χ1n) is 9.61. The van der Waals surface area contributed by atoms with Crippen molar-refractivity contribution in [2.75, 3.05) is 44.7 Å². The number of hydrogen-bond donors (Lipinski definition) is 1. The van der Waals surface area contributed by atoms with Crippen molar-refractivity contribution in [1.82, 2.24) is 25.3 Å². The second-order valence-electron chi connectivity index (χ2n) is 6.94. The van der Waals surface area contributed by atoms with Crippen LogP contribution in [0.2, 0.25) is 0 Å². The normalized spacial score (nSPS) is 15.5. The van der Waals surface area contributed by atoms with Gasteiger partial charge in [-0.15, -0.1) is 0 Å². The van der Waals surface area contributed by atoms with E-state index in [4.69, 9.17) is 4.52 Å². The molecule has 0 unspecified atom stereocenters. The molecule has 0 spiro atoms. The van der Waals surface area contributed by atoms with Gasteiger partial charge in [0.2, 0.25) is 5.89 Å². The van der Waals surface area contributed by atoms with Crippen molar-refractivity contribution in [3.63, 3.8) is 0 Å². The van der Waals surface area contributed by atoms with E-state index in [1.807, 2.05) is 25.4 Å². The Hall–Kier alpha value is -2.64. The van der Waals surface area contributed by atoms with Gasteiger partial charge in [0, 0.05) is 58.3 Å². The summed E-state index contributed by atoms with van der Waals surface area (Å²) in [5.74, 6) is 3.77. The summed E-state index contributed by atoms with van der Waals surface area (Å²) in [6, 6.07) is 6.04. The molecule has 1 aliphatic rings. The summed E-state index contributed by atoms with van der Waals surface area (Å²) in [5.41, 5.74) is 0. The molecule has 0 aromatic carbocycles. The Kier molecular flexibility index (Phi) is 6.62. The molecule has 0 saturated carbocycles. The van der Waals surface area contributed by atoms with E-state index in [0.29, 0.717) is 11.8 Å². The molecule has 1 N–H and O–H groups in total. The van der Waals surface area contributed by atoms with Gasteiger partial charge in [-0.1, -0.05) is 25.1 Å². The van der Waals surface area contributed by atoms with E-state index in [1.165, 1.54) is 0 Å². The molecule has 2 aromatic rings. The van der Waals surface area contributed by atoms with Crippen LogP contribution in [-0.4, -0.2) is 65.8 Å². The number of anilines is 1. The van der Waals surface area contributed by atoms with Crippen molar-refractivity contribution in [3.05, 3.63) is 36.1 Å². The second kappa shape index (κ2) is 9.34. The number of rotatable bonds is 6. The van der Waals surface area contributed by atoms with Crippen LogP contribution in [-0.2, 0) is 6.42 Å². The Balaban J connectivity index is 1.40. The Morgan fingerprint density at radius 2 is 2.07 bits per heavy atom. The zero-order valence-electron chi connectivity index (χ0n) is 16.4. The van der Waals surface area contributed by atoms with Crippen molar-refractivity contribution in [2.45, 2.75) is 32.6 Å². The number of hydrogen-bond acceptors (Lipinski definition) is 6. The molecule has 0 bridgehead atoms. The monoisotopic (exact) mass is 371 g/mol. The number of nitrogens with one attached hydrogen (secondary N) is 1. The van der Waals surface area contributed by atoms with Crippen LogP contribution in [0.1, 0.15) is 37.9 Å². The molecule has 8 nitrogen and oxygen atoms in total. The van der Waals surface area contributed by atoms with Crippen molar-refractivity contribution in [2.24, 2.45) is 4.99 Å². The first kappa shape index (κ1) is 19.1. The summed E-state index contributed by atoms with van der Waals surface area (Å²) in [7, 11) is 1.83. The van der Waals surface area contributed by atoms with Gasteiger partial charge in [0.05, 0.1) is 0 Å². The fraction of sp³-hybridized carbons (Fsp3) is 0.579. The van der Waals surface area contributed by atoms with Crippen LogP contribution in [0.25, 0.3) is 0 Å². The van der Waals surface area contributed by atoms with Gasteiger partial charge in [-0.2, -0.15) is 4.98 Å². The minimum absolute atomic E-state index is 0.296. The van der Waals surface area contributed by atoms with E-state index in [1.54, 1.807) is 0 Å². The lowest BCUT2D eigenvalue weighted by molar-refractivity contribution is 0.363. The highest BCUT2D eigenvalue weighted by Crippen LogP contribution is 2.13. The van der Waals surface area contributed by atoms with E-state index in [9.17, 15) is 0 Å². The Morgan fingerprint density at radius 3 is 2.70 bits per heavy atom. The highest BCUT2D eigenvalue weighted by molar-refractivity contribution is 5.80. The maximum absolute atomic E-state index is 5.29. The molecule has 8 heteroatoms. The topological polar surface area (TPSA) is 82.7 Å². The average Bonchev–Trinajstić information content (AvgIpc) is 3.18. The molecule has 0 amide bonds. The van der Waals surface area contributed by atoms with Crippen molar-refractivity contribution in [3.8, 4) is 0 Å². The molecular weight excluding hydrogens is 342 g/mol. The lowest BCUT2D eigenvalue weighted by atomic mass is 10.2. The van der Waals surface area contributed by atoms with E-state index >= 15 is 0 Å². The van der Waals surface area contributed by atoms with Crippen LogP contribution in [0, 0.1) is 0 Å². The Bertz CT molecular complexity index is 721. The Labute approximate surface area is 160 Å². The summed E-state index contributed by atoms with van der Waals surface area (Å²) >= 11 is 0. The first-order valence-corrected chi connectivity index (χ1v) is 9.61. The molecule has 0 radical (unpaired) electrons. The van der Waals surface area contributed by atoms with Crippen molar-refractivity contribution >= 4 is 11.8 Å². The highest BCUT2D eigenvalue weighted by Gasteiger charge is 2.20. The summed E-state index contributed by atoms with van der Waals surface area (Å²) in [6.07, 6.45) is 3.54. The van der Waals surface area contributed by atoms with Gasteiger partial charge < -0.3 is 19.6 Å². The molecule has 1 fully saturated rings. The van der Waals surface area contributed by atoms with Crippen LogP contribution in [0.15, 0.2) is 33.9 Å². The molecule has 1 saturated heterocycles. The Morgan fingerprint density at radius 1 is 1.26 bits per heavy atom. The standard InChI is InChI=1S/C19H29N7O/c1-15(2)18-23-17(27-24-18)8-6-10-22-19(20-3)26-13-11-25(12-14-26)16-7-4-5-9-21-16/h4-5,7,9,15H,6,8,10-14H2,1-3H3,(H,20,22). The number of piperazine rings is 1. The third-order valence-electron chi connectivity index (χ3n) is 4.62. The predicted molar refractivity (Wildman–Crippen MR) is 106 cm³/mol. The van der Waals surface area contributed by atoms with Gasteiger partial charge in [-0.05, 0) is 18.6 Å². The summed E-state index contributed by atoms with van der Waals surface area (Å²) < 4.78 is 5.29. The second-order valence-corrected chi connectivity index (χ2v) is 6.94. The lowest BCUT2D eigenvalue weighted by Gasteiger charge is -2.37. The molecule has 0 aliphatic carbocycles. The number of nitrogens with zero attached hydrogens (tertiary/aromatic N) is 6. The number of guanidine groups is 1. The molecule has 1 aliphatic heterocycles. The molecule has 146 valence electrons. The zero-order valence-corrected chi connectivity index (χ0v) is 16.4. The maximum Gasteiger partial charge on any atom is 0.226 e. The highest BCUT2D eigenvalue weighted by atomic mass is 16.5. The van der Waals surface area contributed by atoms with E-state index < -0.39 is 0 Å². The SMILES string of the molecule is CN=C(NCCCc1nc(C(C)C)no1)N1CCN(c2ccccn2)CC1. The van der Waals surface area contributed by atoms with Crippen LogP contribution >= 0.6 is 0 Å². The minimum Gasteiger partial charge on any atom is -0.356 e. The van der Waals surface area contributed by atoms with E-state index in [2.05, 4.69) is 55.1 Å². The molecule has 2 aromatic heterocycles. The van der Waals surface area contributed by atoms with Crippen LogP contribution in [0.5, 0.6) is 0 Å². The summed E-state index contributed by atoms with van der Waals surface area (Å²) in [5, 5.41) is 7.45. The molecule has 0 atom stereocenters. The fourth-order valence-corrected chi connectivity index (χ4v) is 3.06. The quantitative estimate of drug-likeness (QED) is 0.472. The summed E-state index contributed by atoms with van der Waals surface area (Å²) in [4.78, 5) is 17.9. The molecule has 3 rings (SSSR count). The van der Waals surface area contributed by atoms with Gasteiger partial charge in [0.1, 0.15) is 5.82 Å². The third-order valence-corrected chi connectivity index (χ3v) is 4.62. The van der Waals surface area contributed by atoms with Crippen molar-refractivity contribution < 1.29 is 4.52 Å². The number of aromatic nitrogens is 3. The number of aliphatic imine (C=N–C) groups is 1. The zero-order chi connectivity index (χ0) is 19.1. The van der Waals surface area contributed by atoms with Crippen LogP contribution in [0.4, 0.5) is 5.82 Å². The van der Waals surface area contributed by atoms with Gasteiger partial charge in [-0.25, -0.2) is 4.98 Å². The van der Waals surface area contributed by atoms with Gasteiger partial charge in [-0.3, -0.25) is 4.99 Å². The summed E-state index contributed by atoms with van der Waals surface area (Å²) in [6.45, 7) is 8.69. The fourth-order valence-electron chi connectivity index (χ4n) is 3.06. The first-order chi connectivity index (χ1) is 13.2. The smallest absolute Gasteiger partial charge is 0.226 e. The number of aryl methyl sites for hydroxylation is 1. The average molecular weight is 371 g/mol. The van der Waals surface area contributed by atoms with Crippen LogP contribution in [0.3, 0.4) is 0 Å². The molecule has 27 heavy (non-hydrogen) atoms. The van der Waals surface area contributed by atoms with Gasteiger partial charge in [0.25, 0.3) is 0 Å². The van der Waals surface area contributed by atoms with Crippen LogP contribution < -0.4 is 10.2 Å². The van der Waals surface area contributed by atoms with Gasteiger partial charge >= 0.3 is 0 Å². The van der Waals surface area contributed by atoms with Gasteiger partial charge in [0.15, 0.2) is 11.8 Å². The van der Waals surface area contributed by atoms with E-state index in [-0.39, 0.29) is 0 Å². The maximum atomic E-state index is 5.29. The predicted octanol–water partition coefficient (Wildman–Crippen LogP) is 1.92. The lowest BCUT2D eigenvalue weighted by Crippen LogP contribution is -2.52. The van der Waals surface area contributed by atoms with Crippen molar-refractivity contribution in [1.29, 1.82) is 0 Å². The largest absolute Gasteiger partial charge is 0.356 e. The third kappa shape index (κ3) is 5.18. The van der Waals surface area contributed by atoms with E-state index in [0.717, 1.165) is 63.2 Å². The molecule has 3 heterocycles. The molecular formula is C19H29N7O.